The predicted octanol–water partition coefficient (Wildman–Crippen LogP) is 4.26. The molecule has 36 heavy (non-hydrogen) atoms. The predicted molar refractivity (Wildman–Crippen MR) is 133 cm³/mol. The van der Waals surface area contributed by atoms with Gasteiger partial charge in [0.2, 0.25) is 5.78 Å². The van der Waals surface area contributed by atoms with Crippen LogP contribution >= 0.6 is 0 Å². The van der Waals surface area contributed by atoms with Gasteiger partial charge in [0.05, 0.1) is 29.5 Å². The molecule has 8 heteroatoms. The van der Waals surface area contributed by atoms with Crippen LogP contribution in [0, 0.1) is 5.82 Å². The van der Waals surface area contributed by atoms with Crippen LogP contribution in [-0.4, -0.2) is 55.0 Å². The molecular weight excluding hydrogens is 463 g/mol. The van der Waals surface area contributed by atoms with Gasteiger partial charge < -0.3 is 19.5 Å². The molecule has 1 saturated heterocycles. The van der Waals surface area contributed by atoms with Gasteiger partial charge in [0, 0.05) is 32.7 Å². The van der Waals surface area contributed by atoms with E-state index < -0.39 is 5.97 Å². The summed E-state index contributed by atoms with van der Waals surface area (Å²) in [7, 11) is 1.32. The molecule has 0 amide bonds. The lowest BCUT2D eigenvalue weighted by atomic mass is 10.0. The highest BCUT2D eigenvalue weighted by atomic mass is 19.1. The first-order chi connectivity index (χ1) is 17.4. The maximum Gasteiger partial charge on any atom is 0.337 e. The number of methoxy groups -OCH3 is 1. The number of anilines is 1. The summed E-state index contributed by atoms with van der Waals surface area (Å²) in [4.78, 5) is 28.8. The second-order valence-corrected chi connectivity index (χ2v) is 8.71. The van der Waals surface area contributed by atoms with E-state index in [1.165, 1.54) is 19.2 Å². The molecule has 3 aromatic rings. The number of hydrogen-bond donors (Lipinski definition) is 1. The number of halogens is 1. The molecule has 0 saturated carbocycles. The molecule has 0 atom stereocenters. The van der Waals surface area contributed by atoms with Crippen LogP contribution in [0.4, 0.5) is 10.1 Å². The number of phenolic OH excluding ortho intramolecular Hbond substituents is 1. The Kier molecular flexibility index (Phi) is 6.43. The number of esters is 1. The molecule has 184 valence electrons. The van der Waals surface area contributed by atoms with Gasteiger partial charge in [0.25, 0.3) is 0 Å². The standard InChI is InChI=1S/C28H25FN2O5/c1-35-28(34)19-8-6-18(7-9-19)16-25-26(33)20-10-11-24(32)21(27(20)36-25)17-30-12-14-31(15-13-30)23-5-3-2-4-22(23)29/h2-11,16,32H,12-15,17H2,1H3/b25-16+. The summed E-state index contributed by atoms with van der Waals surface area (Å²) < 4.78 is 24.8. The van der Waals surface area contributed by atoms with Crippen LogP contribution in [0.1, 0.15) is 31.8 Å². The Bertz CT molecular complexity index is 1340. The average molecular weight is 489 g/mol. The molecule has 2 aliphatic rings. The molecule has 7 nitrogen and oxygen atoms in total. The number of Topliss-reactive ketones (excluding diaryl/α,β-unsaturated/α-hetero) is 1. The lowest BCUT2D eigenvalue weighted by molar-refractivity contribution is 0.0600. The molecule has 2 aliphatic heterocycles. The van der Waals surface area contributed by atoms with Crippen LogP contribution in [0.15, 0.2) is 66.4 Å². The van der Waals surface area contributed by atoms with E-state index in [1.807, 2.05) is 11.0 Å². The van der Waals surface area contributed by atoms with Crippen molar-refractivity contribution in [3.8, 4) is 11.5 Å². The summed E-state index contributed by atoms with van der Waals surface area (Å²) >= 11 is 0. The molecule has 0 aromatic heterocycles. The van der Waals surface area contributed by atoms with Gasteiger partial charge in [0.15, 0.2) is 5.76 Å². The van der Waals surface area contributed by atoms with Crippen molar-refractivity contribution in [1.82, 2.24) is 4.90 Å². The molecule has 0 unspecified atom stereocenters. The van der Waals surface area contributed by atoms with Crippen molar-refractivity contribution in [3.63, 3.8) is 0 Å². The quantitative estimate of drug-likeness (QED) is 0.425. The molecular formula is C28H25FN2O5. The monoisotopic (exact) mass is 488 g/mol. The van der Waals surface area contributed by atoms with Crippen molar-refractivity contribution in [1.29, 1.82) is 0 Å². The molecule has 5 rings (SSSR count). The van der Waals surface area contributed by atoms with E-state index >= 15 is 0 Å². The van der Waals surface area contributed by atoms with Gasteiger partial charge in [-0.2, -0.15) is 0 Å². The Morgan fingerprint density at radius 2 is 1.78 bits per heavy atom. The van der Waals surface area contributed by atoms with Gasteiger partial charge in [-0.15, -0.1) is 0 Å². The number of phenols is 1. The highest BCUT2D eigenvalue weighted by molar-refractivity contribution is 6.15. The van der Waals surface area contributed by atoms with Gasteiger partial charge in [0.1, 0.15) is 17.3 Å². The molecule has 2 heterocycles. The summed E-state index contributed by atoms with van der Waals surface area (Å²) in [5, 5.41) is 10.6. The molecule has 1 fully saturated rings. The molecule has 3 aromatic carbocycles. The van der Waals surface area contributed by atoms with E-state index in [9.17, 15) is 19.1 Å². The SMILES string of the molecule is COC(=O)c1ccc(/C=C2/Oc3c(ccc(O)c3CN3CCN(c4ccccc4F)CC3)C2=O)cc1. The van der Waals surface area contributed by atoms with Crippen molar-refractivity contribution in [2.45, 2.75) is 6.54 Å². The van der Waals surface area contributed by atoms with Crippen molar-refractivity contribution < 1.29 is 28.6 Å². The molecule has 0 spiro atoms. The smallest absolute Gasteiger partial charge is 0.337 e. The Morgan fingerprint density at radius 1 is 1.06 bits per heavy atom. The molecule has 0 radical (unpaired) electrons. The largest absolute Gasteiger partial charge is 0.507 e. The lowest BCUT2D eigenvalue weighted by Crippen LogP contribution is -2.46. The maximum absolute atomic E-state index is 14.2. The normalized spacial score (nSPS) is 16.7. The second-order valence-electron chi connectivity index (χ2n) is 8.71. The third-order valence-corrected chi connectivity index (χ3v) is 6.49. The number of ether oxygens (including phenoxy) is 2. The van der Waals surface area contributed by atoms with Gasteiger partial charge in [-0.1, -0.05) is 24.3 Å². The highest BCUT2D eigenvalue weighted by Gasteiger charge is 2.32. The highest BCUT2D eigenvalue weighted by Crippen LogP contribution is 2.40. The number of hydrogen-bond acceptors (Lipinski definition) is 7. The third-order valence-electron chi connectivity index (χ3n) is 6.49. The van der Waals surface area contributed by atoms with E-state index in [0.29, 0.717) is 66.4 Å². The van der Waals surface area contributed by atoms with Gasteiger partial charge in [-0.3, -0.25) is 9.69 Å². The van der Waals surface area contributed by atoms with Crippen LogP contribution in [0.25, 0.3) is 6.08 Å². The fraction of sp³-hybridized carbons (Fsp3) is 0.214. The van der Waals surface area contributed by atoms with Crippen LogP contribution < -0.4 is 9.64 Å². The summed E-state index contributed by atoms with van der Waals surface area (Å²) in [5.41, 5.74) is 2.62. The number of fused-ring (bicyclic) bond motifs is 1. The van der Waals surface area contributed by atoms with E-state index in [1.54, 1.807) is 48.5 Å². The van der Waals surface area contributed by atoms with Crippen molar-refractivity contribution >= 4 is 23.5 Å². The summed E-state index contributed by atoms with van der Waals surface area (Å²) in [5.74, 6) is -0.393. The lowest BCUT2D eigenvalue weighted by Gasteiger charge is -2.36. The van der Waals surface area contributed by atoms with Crippen LogP contribution in [-0.2, 0) is 11.3 Å². The molecule has 1 N–H and O–H groups in total. The Morgan fingerprint density at radius 3 is 2.47 bits per heavy atom. The maximum atomic E-state index is 14.2. The van der Waals surface area contributed by atoms with E-state index in [4.69, 9.17) is 9.47 Å². The third kappa shape index (κ3) is 4.55. The zero-order chi connectivity index (χ0) is 25.2. The Labute approximate surface area is 208 Å². The van der Waals surface area contributed by atoms with Gasteiger partial charge in [-0.05, 0) is 48.0 Å². The number of para-hydroxylation sites is 1. The number of nitrogens with zero attached hydrogens (tertiary/aromatic N) is 2. The van der Waals surface area contributed by atoms with E-state index in [0.717, 1.165) is 0 Å². The van der Waals surface area contributed by atoms with Crippen LogP contribution in [0.5, 0.6) is 11.5 Å². The summed E-state index contributed by atoms with van der Waals surface area (Å²) in [6, 6.07) is 16.4. The number of carbonyl (C=O) groups excluding carboxylic acids is 2. The Balaban J connectivity index is 1.31. The van der Waals surface area contributed by atoms with E-state index in [-0.39, 0.29) is 23.1 Å². The number of aromatic hydroxyl groups is 1. The number of piperazine rings is 1. The van der Waals surface area contributed by atoms with Gasteiger partial charge in [-0.25, -0.2) is 9.18 Å². The topological polar surface area (TPSA) is 79.3 Å². The fourth-order valence-corrected chi connectivity index (χ4v) is 4.51. The minimum Gasteiger partial charge on any atom is -0.507 e. The Hall–Kier alpha value is -4.17. The fourth-order valence-electron chi connectivity index (χ4n) is 4.51. The van der Waals surface area contributed by atoms with Crippen LogP contribution in [0.2, 0.25) is 0 Å². The minimum atomic E-state index is -0.440. The number of allylic oxidation sites excluding steroid dienone is 1. The number of rotatable bonds is 5. The van der Waals surface area contributed by atoms with Crippen molar-refractivity contribution in [2.24, 2.45) is 0 Å². The summed E-state index contributed by atoms with van der Waals surface area (Å²) in [6.45, 7) is 3.02. The summed E-state index contributed by atoms with van der Waals surface area (Å²) in [6.07, 6.45) is 1.61. The first-order valence-corrected chi connectivity index (χ1v) is 11.6. The number of benzene rings is 3. The minimum absolute atomic E-state index is 0.0572. The molecule has 0 bridgehead atoms. The zero-order valence-electron chi connectivity index (χ0n) is 19.7. The van der Waals surface area contributed by atoms with Crippen molar-refractivity contribution in [2.75, 3.05) is 38.2 Å². The number of ketones is 1. The second kappa shape index (κ2) is 9.83. The van der Waals surface area contributed by atoms with E-state index in [2.05, 4.69) is 4.90 Å². The van der Waals surface area contributed by atoms with Crippen molar-refractivity contribution in [3.05, 3.63) is 94.5 Å². The molecule has 0 aliphatic carbocycles. The first-order valence-electron chi connectivity index (χ1n) is 11.6. The van der Waals surface area contributed by atoms with Crippen LogP contribution in [0.3, 0.4) is 0 Å². The zero-order valence-corrected chi connectivity index (χ0v) is 19.7. The average Bonchev–Trinajstić information content (AvgIpc) is 3.21. The first kappa shape index (κ1) is 23.6. The van der Waals surface area contributed by atoms with Gasteiger partial charge >= 0.3 is 5.97 Å². The number of carbonyl (C=O) groups is 2.